The predicted octanol–water partition coefficient (Wildman–Crippen LogP) is 1.90. The Morgan fingerprint density at radius 1 is 1.29 bits per heavy atom. The van der Waals surface area contributed by atoms with Crippen LogP contribution in [-0.2, 0) is 11.2 Å². The number of carbonyl (C=O) groups is 1. The van der Waals surface area contributed by atoms with Crippen LogP contribution < -0.4 is 5.73 Å². The Labute approximate surface area is 98.7 Å². The minimum Gasteiger partial charge on any atom is -0.480 e. The molecule has 2 rings (SSSR count). The van der Waals surface area contributed by atoms with Crippen molar-refractivity contribution in [1.82, 2.24) is 0 Å². The molecular weight excluding hydrogens is 218 g/mol. The fraction of sp³-hybridized carbons (Fsp3) is 0.154. The number of hydrogen-bond donors (Lipinski definition) is 2. The van der Waals surface area contributed by atoms with Gasteiger partial charge in [0.05, 0.1) is 6.26 Å². The molecule has 0 amide bonds. The second-order valence-corrected chi connectivity index (χ2v) is 3.82. The number of hydrogen-bond acceptors (Lipinski definition) is 3. The van der Waals surface area contributed by atoms with E-state index in [9.17, 15) is 4.79 Å². The van der Waals surface area contributed by atoms with Crippen molar-refractivity contribution in [3.05, 3.63) is 48.2 Å². The molecule has 0 saturated carbocycles. The Morgan fingerprint density at radius 3 is 2.53 bits per heavy atom. The maximum Gasteiger partial charge on any atom is 0.320 e. The molecule has 1 aromatic carbocycles. The van der Waals surface area contributed by atoms with Crippen LogP contribution in [0.15, 0.2) is 47.1 Å². The highest BCUT2D eigenvalue weighted by Gasteiger charge is 2.11. The molecule has 4 nitrogen and oxygen atoms in total. The lowest BCUT2D eigenvalue weighted by molar-refractivity contribution is -0.138. The smallest absolute Gasteiger partial charge is 0.320 e. The van der Waals surface area contributed by atoms with Gasteiger partial charge in [0.1, 0.15) is 11.8 Å². The molecule has 1 aromatic heterocycles. The molecule has 2 aromatic rings. The third kappa shape index (κ3) is 2.73. The first-order valence-corrected chi connectivity index (χ1v) is 5.28. The average Bonchev–Trinajstić information content (AvgIpc) is 2.83. The highest BCUT2D eigenvalue weighted by atomic mass is 16.4. The van der Waals surface area contributed by atoms with E-state index >= 15 is 0 Å². The predicted molar refractivity (Wildman–Crippen MR) is 63.5 cm³/mol. The summed E-state index contributed by atoms with van der Waals surface area (Å²) in [5.74, 6) is -0.195. The zero-order valence-electron chi connectivity index (χ0n) is 9.17. The Kier molecular flexibility index (Phi) is 3.25. The summed E-state index contributed by atoms with van der Waals surface area (Å²) >= 11 is 0. The molecule has 17 heavy (non-hydrogen) atoms. The van der Waals surface area contributed by atoms with E-state index in [0.717, 1.165) is 16.9 Å². The van der Waals surface area contributed by atoms with Crippen LogP contribution in [-0.4, -0.2) is 17.1 Å². The summed E-state index contributed by atoms with van der Waals surface area (Å²) in [6.07, 6.45) is 1.94. The van der Waals surface area contributed by atoms with Crippen molar-refractivity contribution in [1.29, 1.82) is 0 Å². The molecule has 1 atom stereocenters. The van der Waals surface area contributed by atoms with E-state index in [0.29, 0.717) is 6.42 Å². The minimum atomic E-state index is -0.986. The molecule has 0 fully saturated rings. The Bertz CT molecular complexity index is 488. The molecule has 1 heterocycles. The van der Waals surface area contributed by atoms with Gasteiger partial charge in [-0.1, -0.05) is 24.3 Å². The standard InChI is InChI=1S/C13H13NO3/c14-11(13(15)16)8-9-3-5-10(6-4-9)12-2-1-7-17-12/h1-7,11H,8,14H2,(H,15,16). The van der Waals surface area contributed by atoms with Crippen LogP contribution in [0.5, 0.6) is 0 Å². The largest absolute Gasteiger partial charge is 0.480 e. The fourth-order valence-electron chi connectivity index (χ4n) is 1.59. The van der Waals surface area contributed by atoms with Crippen molar-refractivity contribution < 1.29 is 14.3 Å². The monoisotopic (exact) mass is 231 g/mol. The Morgan fingerprint density at radius 2 is 2.00 bits per heavy atom. The van der Waals surface area contributed by atoms with Crippen molar-refractivity contribution in [2.24, 2.45) is 5.73 Å². The second kappa shape index (κ2) is 4.84. The maximum absolute atomic E-state index is 10.6. The highest BCUT2D eigenvalue weighted by Crippen LogP contribution is 2.20. The van der Waals surface area contributed by atoms with E-state index in [1.807, 2.05) is 36.4 Å². The van der Waals surface area contributed by atoms with E-state index < -0.39 is 12.0 Å². The van der Waals surface area contributed by atoms with Crippen molar-refractivity contribution >= 4 is 5.97 Å². The van der Waals surface area contributed by atoms with Gasteiger partial charge in [-0.05, 0) is 24.1 Å². The fourth-order valence-corrected chi connectivity index (χ4v) is 1.59. The number of aliphatic carboxylic acids is 1. The number of nitrogens with two attached hydrogens (primary N) is 1. The summed E-state index contributed by atoms with van der Waals surface area (Å²) in [5, 5.41) is 8.71. The summed E-state index contributed by atoms with van der Waals surface area (Å²) in [4.78, 5) is 10.6. The molecule has 0 aliphatic carbocycles. The summed E-state index contributed by atoms with van der Waals surface area (Å²) in [5.41, 5.74) is 7.32. The lowest BCUT2D eigenvalue weighted by Crippen LogP contribution is -2.32. The molecule has 0 bridgehead atoms. The topological polar surface area (TPSA) is 76.5 Å². The Hall–Kier alpha value is -2.07. The Balaban J connectivity index is 2.11. The van der Waals surface area contributed by atoms with E-state index in [-0.39, 0.29) is 0 Å². The van der Waals surface area contributed by atoms with Crippen molar-refractivity contribution in [3.63, 3.8) is 0 Å². The van der Waals surface area contributed by atoms with Crippen molar-refractivity contribution in [2.75, 3.05) is 0 Å². The summed E-state index contributed by atoms with van der Waals surface area (Å²) in [6.45, 7) is 0. The van der Waals surface area contributed by atoms with E-state index in [4.69, 9.17) is 15.3 Å². The number of carboxylic acid groups (broad SMARTS) is 1. The number of furan rings is 1. The van der Waals surface area contributed by atoms with Crippen molar-refractivity contribution in [2.45, 2.75) is 12.5 Å². The van der Waals surface area contributed by atoms with E-state index in [1.165, 1.54) is 0 Å². The van der Waals surface area contributed by atoms with E-state index in [1.54, 1.807) is 6.26 Å². The van der Waals surface area contributed by atoms with Crippen LogP contribution in [0.1, 0.15) is 5.56 Å². The SMILES string of the molecule is NC(Cc1ccc(-c2ccco2)cc1)C(=O)O. The number of benzene rings is 1. The van der Waals surface area contributed by atoms with Crippen LogP contribution in [0.25, 0.3) is 11.3 Å². The summed E-state index contributed by atoms with van der Waals surface area (Å²) in [6, 6.07) is 10.3. The molecule has 0 spiro atoms. The molecule has 0 aliphatic heterocycles. The van der Waals surface area contributed by atoms with Crippen LogP contribution >= 0.6 is 0 Å². The lowest BCUT2D eigenvalue weighted by Gasteiger charge is -2.06. The molecule has 0 aliphatic rings. The summed E-state index contributed by atoms with van der Waals surface area (Å²) in [7, 11) is 0. The minimum absolute atomic E-state index is 0.327. The van der Waals surface area contributed by atoms with Gasteiger partial charge in [-0.2, -0.15) is 0 Å². The van der Waals surface area contributed by atoms with Gasteiger partial charge >= 0.3 is 5.97 Å². The molecule has 0 saturated heterocycles. The molecule has 0 radical (unpaired) electrons. The van der Waals surface area contributed by atoms with Gasteiger partial charge in [-0.15, -0.1) is 0 Å². The van der Waals surface area contributed by atoms with Crippen LogP contribution in [0, 0.1) is 0 Å². The third-order valence-electron chi connectivity index (χ3n) is 2.53. The number of carboxylic acids is 1. The highest BCUT2D eigenvalue weighted by molar-refractivity contribution is 5.73. The van der Waals surface area contributed by atoms with Crippen LogP contribution in [0.2, 0.25) is 0 Å². The molecule has 4 heteroatoms. The molecule has 1 unspecified atom stereocenters. The van der Waals surface area contributed by atoms with Crippen LogP contribution in [0.3, 0.4) is 0 Å². The quantitative estimate of drug-likeness (QED) is 0.842. The average molecular weight is 231 g/mol. The first kappa shape index (κ1) is 11.4. The van der Waals surface area contributed by atoms with Gasteiger partial charge in [0, 0.05) is 5.56 Å². The molecule has 88 valence electrons. The zero-order valence-corrected chi connectivity index (χ0v) is 9.17. The van der Waals surface area contributed by atoms with Gasteiger partial charge in [0.2, 0.25) is 0 Å². The first-order chi connectivity index (χ1) is 8.16. The second-order valence-electron chi connectivity index (χ2n) is 3.82. The first-order valence-electron chi connectivity index (χ1n) is 5.28. The van der Waals surface area contributed by atoms with Gasteiger partial charge in [0.15, 0.2) is 0 Å². The number of rotatable bonds is 4. The molecular formula is C13H13NO3. The van der Waals surface area contributed by atoms with Gasteiger partial charge < -0.3 is 15.3 Å². The van der Waals surface area contributed by atoms with Gasteiger partial charge in [0.25, 0.3) is 0 Å². The lowest BCUT2D eigenvalue weighted by atomic mass is 10.0. The van der Waals surface area contributed by atoms with E-state index in [2.05, 4.69) is 0 Å². The van der Waals surface area contributed by atoms with Crippen LogP contribution in [0.4, 0.5) is 0 Å². The molecule has 3 N–H and O–H groups in total. The van der Waals surface area contributed by atoms with Gasteiger partial charge in [-0.25, -0.2) is 0 Å². The van der Waals surface area contributed by atoms with Crippen molar-refractivity contribution in [3.8, 4) is 11.3 Å². The summed E-state index contributed by atoms with van der Waals surface area (Å²) < 4.78 is 5.26. The normalized spacial score (nSPS) is 12.3. The third-order valence-corrected chi connectivity index (χ3v) is 2.53. The van der Waals surface area contributed by atoms with Gasteiger partial charge in [-0.3, -0.25) is 4.79 Å². The zero-order chi connectivity index (χ0) is 12.3. The maximum atomic E-state index is 10.6.